The van der Waals surface area contributed by atoms with Gasteiger partial charge in [0.05, 0.1) is 17.8 Å². The van der Waals surface area contributed by atoms with Crippen LogP contribution in [0.3, 0.4) is 0 Å². The molecule has 2 atom stereocenters. The number of rotatable bonds is 9. The van der Waals surface area contributed by atoms with Gasteiger partial charge in [-0.3, -0.25) is 4.79 Å². The maximum absolute atomic E-state index is 12.1. The number of carbonyl (C=O) groups excluding carboxylic acids is 1. The van der Waals surface area contributed by atoms with Gasteiger partial charge in [0.15, 0.2) is 0 Å². The second kappa shape index (κ2) is 10.8. The average Bonchev–Trinajstić information content (AvgIpc) is 2.52. The van der Waals surface area contributed by atoms with Gasteiger partial charge >= 0.3 is 0 Å². The molecule has 0 heterocycles. The number of likely N-dealkylation sites (N-methyl/N-ethyl adjacent to an activating group) is 1. The Morgan fingerprint density at radius 2 is 1.80 bits per heavy atom. The van der Waals surface area contributed by atoms with Crippen LogP contribution in [0.4, 0.5) is 0 Å². The number of halogens is 1. The topological polar surface area (TPSA) is 92.5 Å². The third kappa shape index (κ3) is 8.67. The van der Waals surface area contributed by atoms with Crippen molar-refractivity contribution in [2.75, 3.05) is 32.6 Å². The molecule has 0 aromatic heterocycles. The molecule has 3 N–H and O–H groups in total. The molecule has 0 aliphatic rings. The van der Waals surface area contributed by atoms with Crippen LogP contribution in [0.1, 0.15) is 30.5 Å². The van der Waals surface area contributed by atoms with E-state index in [-0.39, 0.29) is 36.5 Å². The smallest absolute Gasteiger partial charge is 0.237 e. The standard InChI is InChI=1S/C17H29N3O3S.ClH/c1-5-13-6-8-14(9-7-13)16(20(2)3)12-19-17(21)15(18)10-11-24(4,22)23;/h6-9,15-16H,5,10-12,18H2,1-4H3,(H,19,21);1H. The summed E-state index contributed by atoms with van der Waals surface area (Å²) in [6, 6.07) is 7.53. The molecule has 1 rings (SSSR count). The van der Waals surface area contributed by atoms with E-state index in [1.54, 1.807) is 0 Å². The van der Waals surface area contributed by atoms with Crippen LogP contribution in [0.2, 0.25) is 0 Å². The van der Waals surface area contributed by atoms with Gasteiger partial charge in [-0.1, -0.05) is 31.2 Å². The molecule has 0 saturated carbocycles. The second-order valence-corrected chi connectivity index (χ2v) is 8.60. The van der Waals surface area contributed by atoms with Crippen molar-refractivity contribution in [1.82, 2.24) is 10.2 Å². The van der Waals surface area contributed by atoms with Crippen molar-refractivity contribution >= 4 is 28.2 Å². The fraction of sp³-hybridized carbons (Fsp3) is 0.588. The van der Waals surface area contributed by atoms with Crippen molar-refractivity contribution in [3.05, 3.63) is 35.4 Å². The number of carbonyl (C=O) groups is 1. The summed E-state index contributed by atoms with van der Waals surface area (Å²) in [4.78, 5) is 14.1. The predicted molar refractivity (Wildman–Crippen MR) is 105 cm³/mol. The summed E-state index contributed by atoms with van der Waals surface area (Å²) in [6.45, 7) is 2.53. The summed E-state index contributed by atoms with van der Waals surface area (Å²) in [5.74, 6) is -0.410. The molecule has 0 aliphatic heterocycles. The van der Waals surface area contributed by atoms with E-state index in [2.05, 4.69) is 36.5 Å². The van der Waals surface area contributed by atoms with E-state index < -0.39 is 15.9 Å². The molecule has 6 nitrogen and oxygen atoms in total. The zero-order valence-electron chi connectivity index (χ0n) is 15.4. The first-order valence-electron chi connectivity index (χ1n) is 8.10. The fourth-order valence-electron chi connectivity index (χ4n) is 2.37. The van der Waals surface area contributed by atoms with Gasteiger partial charge in [-0.2, -0.15) is 0 Å². The maximum Gasteiger partial charge on any atom is 0.237 e. The molecule has 0 bridgehead atoms. The number of nitrogens with two attached hydrogens (primary N) is 1. The minimum absolute atomic E-state index is 0. The van der Waals surface area contributed by atoms with Gasteiger partial charge in [-0.05, 0) is 38.1 Å². The van der Waals surface area contributed by atoms with Crippen LogP contribution < -0.4 is 11.1 Å². The van der Waals surface area contributed by atoms with Crippen molar-refractivity contribution in [2.45, 2.75) is 31.8 Å². The van der Waals surface area contributed by atoms with Crippen LogP contribution in [0, 0.1) is 0 Å². The van der Waals surface area contributed by atoms with Gasteiger partial charge < -0.3 is 16.0 Å². The predicted octanol–water partition coefficient (Wildman–Crippen LogP) is 1.15. The van der Waals surface area contributed by atoms with Crippen molar-refractivity contribution in [3.63, 3.8) is 0 Å². The minimum Gasteiger partial charge on any atom is -0.353 e. The molecule has 0 fully saturated rings. The van der Waals surface area contributed by atoms with Crippen LogP contribution in [0.25, 0.3) is 0 Å². The average molecular weight is 392 g/mol. The Hall–Kier alpha value is -1.15. The van der Waals surface area contributed by atoms with E-state index in [9.17, 15) is 13.2 Å². The Morgan fingerprint density at radius 3 is 2.24 bits per heavy atom. The van der Waals surface area contributed by atoms with Gasteiger partial charge in [0.2, 0.25) is 5.91 Å². The summed E-state index contributed by atoms with van der Waals surface area (Å²) < 4.78 is 22.3. The van der Waals surface area contributed by atoms with Crippen LogP contribution in [-0.2, 0) is 21.1 Å². The molecule has 0 spiro atoms. The van der Waals surface area contributed by atoms with Gasteiger partial charge in [0, 0.05) is 12.8 Å². The lowest BCUT2D eigenvalue weighted by atomic mass is 10.0. The van der Waals surface area contributed by atoms with Crippen molar-refractivity contribution in [1.29, 1.82) is 0 Å². The maximum atomic E-state index is 12.1. The molecule has 144 valence electrons. The molecule has 1 aromatic carbocycles. The molecular formula is C17H30ClN3O3S. The highest BCUT2D eigenvalue weighted by molar-refractivity contribution is 7.90. The number of hydrogen-bond donors (Lipinski definition) is 2. The molecule has 0 aliphatic carbocycles. The summed E-state index contributed by atoms with van der Waals surface area (Å²) >= 11 is 0. The monoisotopic (exact) mass is 391 g/mol. The van der Waals surface area contributed by atoms with Gasteiger partial charge in [-0.15, -0.1) is 12.4 Å². The van der Waals surface area contributed by atoms with E-state index in [0.29, 0.717) is 6.54 Å². The molecule has 0 radical (unpaired) electrons. The fourth-order valence-corrected chi connectivity index (χ4v) is 3.06. The highest BCUT2D eigenvalue weighted by atomic mass is 35.5. The van der Waals surface area contributed by atoms with Gasteiger partial charge in [0.25, 0.3) is 0 Å². The van der Waals surface area contributed by atoms with E-state index >= 15 is 0 Å². The third-order valence-corrected chi connectivity index (χ3v) is 4.98. The molecule has 0 saturated heterocycles. The zero-order chi connectivity index (χ0) is 18.3. The van der Waals surface area contributed by atoms with E-state index in [1.165, 1.54) is 5.56 Å². The number of nitrogens with zero attached hydrogens (tertiary/aromatic N) is 1. The van der Waals surface area contributed by atoms with Crippen LogP contribution in [-0.4, -0.2) is 57.9 Å². The van der Waals surface area contributed by atoms with Gasteiger partial charge in [-0.25, -0.2) is 8.42 Å². The molecule has 2 unspecified atom stereocenters. The Balaban J connectivity index is 0.00000576. The lowest BCUT2D eigenvalue weighted by molar-refractivity contribution is -0.122. The number of nitrogens with one attached hydrogen (secondary N) is 1. The second-order valence-electron chi connectivity index (χ2n) is 6.34. The first-order chi connectivity index (χ1) is 11.1. The van der Waals surface area contributed by atoms with E-state index in [0.717, 1.165) is 18.2 Å². The Bertz CT molecular complexity index is 633. The van der Waals surface area contributed by atoms with Crippen LogP contribution in [0.5, 0.6) is 0 Å². The van der Waals surface area contributed by atoms with Crippen molar-refractivity contribution in [2.24, 2.45) is 5.73 Å². The lowest BCUT2D eigenvalue weighted by Crippen LogP contribution is -2.44. The normalized spacial score (nSPS) is 13.8. The molecule has 1 aromatic rings. The molecule has 8 heteroatoms. The number of aryl methyl sites for hydroxylation is 1. The van der Waals surface area contributed by atoms with Crippen molar-refractivity contribution in [3.8, 4) is 0 Å². The number of amides is 1. The lowest BCUT2D eigenvalue weighted by Gasteiger charge is -2.26. The van der Waals surface area contributed by atoms with Crippen LogP contribution >= 0.6 is 12.4 Å². The zero-order valence-corrected chi connectivity index (χ0v) is 17.0. The number of benzene rings is 1. The summed E-state index contributed by atoms with van der Waals surface area (Å²) in [5, 5.41) is 2.83. The number of sulfone groups is 1. The summed E-state index contributed by atoms with van der Waals surface area (Å²) in [5.41, 5.74) is 8.15. The van der Waals surface area contributed by atoms with Gasteiger partial charge in [0.1, 0.15) is 9.84 Å². The molecule has 1 amide bonds. The first-order valence-corrected chi connectivity index (χ1v) is 10.2. The summed E-state index contributed by atoms with van der Waals surface area (Å²) in [7, 11) is 0.790. The highest BCUT2D eigenvalue weighted by Gasteiger charge is 2.19. The highest BCUT2D eigenvalue weighted by Crippen LogP contribution is 2.18. The largest absolute Gasteiger partial charge is 0.353 e. The SMILES string of the molecule is CCc1ccc(C(CNC(=O)C(N)CCS(C)(=O)=O)N(C)C)cc1.Cl. The van der Waals surface area contributed by atoms with E-state index in [1.807, 2.05) is 19.0 Å². The van der Waals surface area contributed by atoms with E-state index in [4.69, 9.17) is 5.73 Å². The minimum atomic E-state index is -3.12. The molecular weight excluding hydrogens is 362 g/mol. The Labute approximate surface area is 157 Å². The first kappa shape index (κ1) is 23.9. The Kier molecular flexibility index (Phi) is 10.3. The summed E-state index contributed by atoms with van der Waals surface area (Å²) in [6.07, 6.45) is 2.25. The Morgan fingerprint density at radius 1 is 1.24 bits per heavy atom. The third-order valence-electron chi connectivity index (χ3n) is 4.00. The quantitative estimate of drug-likeness (QED) is 0.658. The molecule has 25 heavy (non-hydrogen) atoms. The van der Waals surface area contributed by atoms with Crippen molar-refractivity contribution < 1.29 is 13.2 Å². The number of hydrogen-bond acceptors (Lipinski definition) is 5. The van der Waals surface area contributed by atoms with Crippen LogP contribution in [0.15, 0.2) is 24.3 Å².